The van der Waals surface area contributed by atoms with E-state index in [0.29, 0.717) is 5.56 Å². The largest absolute Gasteiger partial charge is 0.419 e. The van der Waals surface area contributed by atoms with E-state index in [2.05, 4.69) is 20.9 Å². The van der Waals surface area contributed by atoms with Gasteiger partial charge >= 0.3 is 6.18 Å². The molecule has 0 saturated carbocycles. The predicted molar refractivity (Wildman–Crippen MR) is 108 cm³/mol. The molecule has 2 rings (SSSR count). The Kier molecular flexibility index (Phi) is 7.79. The molecule has 1 aromatic carbocycles. The van der Waals surface area contributed by atoms with Crippen LogP contribution in [0.25, 0.3) is 0 Å². The highest BCUT2D eigenvalue weighted by atomic mass is 19.4. The smallest absolute Gasteiger partial charge is 0.368 e. The maximum atomic E-state index is 13.0. The molecule has 0 spiro atoms. The van der Waals surface area contributed by atoms with Crippen LogP contribution in [0.15, 0.2) is 42.6 Å². The Morgan fingerprint density at radius 1 is 1.07 bits per heavy atom. The summed E-state index contributed by atoms with van der Waals surface area (Å²) in [4.78, 5) is 28.7. The van der Waals surface area contributed by atoms with E-state index in [4.69, 9.17) is 0 Å². The summed E-state index contributed by atoms with van der Waals surface area (Å²) < 4.78 is 38.9. The molecule has 2 aromatic rings. The number of benzene rings is 1. The molecule has 1 unspecified atom stereocenters. The molecular formula is C21H25F3N4O2. The van der Waals surface area contributed by atoms with Gasteiger partial charge in [0.2, 0.25) is 5.91 Å². The molecule has 9 heteroatoms. The van der Waals surface area contributed by atoms with E-state index >= 15 is 0 Å². The van der Waals surface area contributed by atoms with Crippen LogP contribution in [0.3, 0.4) is 0 Å². The van der Waals surface area contributed by atoms with E-state index in [-0.39, 0.29) is 30.7 Å². The SMILES string of the molecule is Cc1ccccc1C(=O)NC(C(=O)NCCNc1ncccc1C(F)(F)F)C(C)C. The lowest BCUT2D eigenvalue weighted by Crippen LogP contribution is -2.50. The third-order valence-corrected chi connectivity index (χ3v) is 4.46. The van der Waals surface area contributed by atoms with Crippen molar-refractivity contribution in [1.29, 1.82) is 0 Å². The standard InChI is InChI=1S/C21H25F3N4O2/c1-13(2)17(28-19(29)15-8-5-4-7-14(15)3)20(30)27-12-11-26-18-16(21(22,23)24)9-6-10-25-18/h4-10,13,17H,11-12H2,1-3H3,(H,25,26)(H,27,30)(H,28,29). The Morgan fingerprint density at radius 3 is 2.40 bits per heavy atom. The fraction of sp³-hybridized carbons (Fsp3) is 0.381. The number of nitrogens with one attached hydrogen (secondary N) is 3. The summed E-state index contributed by atoms with van der Waals surface area (Å²) in [6, 6.07) is 8.40. The lowest BCUT2D eigenvalue weighted by Gasteiger charge is -2.22. The summed E-state index contributed by atoms with van der Waals surface area (Å²) in [5, 5.41) is 7.95. The predicted octanol–water partition coefficient (Wildman–Crippen LogP) is 3.39. The number of amides is 2. The zero-order valence-electron chi connectivity index (χ0n) is 17.0. The summed E-state index contributed by atoms with van der Waals surface area (Å²) in [5.74, 6) is -1.25. The van der Waals surface area contributed by atoms with Gasteiger partial charge in [0.05, 0.1) is 5.56 Å². The number of hydrogen-bond acceptors (Lipinski definition) is 4. The van der Waals surface area contributed by atoms with E-state index in [1.165, 1.54) is 12.3 Å². The maximum absolute atomic E-state index is 13.0. The quantitative estimate of drug-likeness (QED) is 0.570. The van der Waals surface area contributed by atoms with E-state index in [0.717, 1.165) is 11.6 Å². The van der Waals surface area contributed by atoms with Crippen LogP contribution < -0.4 is 16.0 Å². The number of nitrogens with zero attached hydrogens (tertiary/aromatic N) is 1. The number of hydrogen-bond donors (Lipinski definition) is 3. The number of alkyl halides is 3. The highest BCUT2D eigenvalue weighted by molar-refractivity contribution is 5.98. The average molecular weight is 422 g/mol. The number of halogens is 3. The minimum atomic E-state index is -4.53. The van der Waals surface area contributed by atoms with Gasteiger partial charge in [0.25, 0.3) is 5.91 Å². The molecule has 1 atom stereocenters. The van der Waals surface area contributed by atoms with Gasteiger partial charge in [-0.25, -0.2) is 4.98 Å². The highest BCUT2D eigenvalue weighted by Gasteiger charge is 2.34. The lowest BCUT2D eigenvalue weighted by atomic mass is 10.0. The number of rotatable bonds is 8. The van der Waals surface area contributed by atoms with Crippen LogP contribution in [0, 0.1) is 12.8 Å². The molecule has 2 amide bonds. The van der Waals surface area contributed by atoms with Crippen molar-refractivity contribution in [3.63, 3.8) is 0 Å². The van der Waals surface area contributed by atoms with Crippen molar-refractivity contribution in [2.24, 2.45) is 5.92 Å². The van der Waals surface area contributed by atoms with Crippen molar-refractivity contribution >= 4 is 17.6 Å². The van der Waals surface area contributed by atoms with Crippen LogP contribution >= 0.6 is 0 Å². The normalized spacial score (nSPS) is 12.4. The molecule has 0 aliphatic rings. The van der Waals surface area contributed by atoms with Crippen LogP contribution in [-0.4, -0.2) is 35.9 Å². The number of pyridine rings is 1. The minimum Gasteiger partial charge on any atom is -0.368 e. The Morgan fingerprint density at radius 2 is 1.77 bits per heavy atom. The van der Waals surface area contributed by atoms with Gasteiger partial charge in [-0.15, -0.1) is 0 Å². The van der Waals surface area contributed by atoms with Crippen LogP contribution in [-0.2, 0) is 11.0 Å². The molecule has 0 fully saturated rings. The Hall–Kier alpha value is -3.10. The van der Waals surface area contributed by atoms with Crippen molar-refractivity contribution in [3.05, 3.63) is 59.3 Å². The average Bonchev–Trinajstić information content (AvgIpc) is 2.68. The fourth-order valence-corrected chi connectivity index (χ4v) is 2.83. The van der Waals surface area contributed by atoms with Gasteiger partial charge in [-0.2, -0.15) is 13.2 Å². The van der Waals surface area contributed by atoms with E-state index < -0.39 is 23.7 Å². The summed E-state index contributed by atoms with van der Waals surface area (Å²) in [5.41, 5.74) is 0.396. The molecule has 1 aromatic heterocycles. The molecule has 3 N–H and O–H groups in total. The van der Waals surface area contributed by atoms with Crippen LogP contribution in [0.1, 0.15) is 35.3 Å². The summed E-state index contributed by atoms with van der Waals surface area (Å²) in [6.07, 6.45) is -3.27. The van der Waals surface area contributed by atoms with E-state index in [1.807, 2.05) is 6.07 Å². The second-order valence-corrected chi connectivity index (χ2v) is 7.13. The van der Waals surface area contributed by atoms with Crippen LogP contribution in [0.4, 0.5) is 19.0 Å². The molecule has 0 saturated heterocycles. The second kappa shape index (κ2) is 10.1. The fourth-order valence-electron chi connectivity index (χ4n) is 2.83. The van der Waals surface area contributed by atoms with Gasteiger partial charge in [-0.1, -0.05) is 32.0 Å². The van der Waals surface area contributed by atoms with Gasteiger partial charge in [0.15, 0.2) is 0 Å². The summed E-state index contributed by atoms with van der Waals surface area (Å²) >= 11 is 0. The maximum Gasteiger partial charge on any atom is 0.419 e. The minimum absolute atomic E-state index is 0.0440. The number of anilines is 1. The van der Waals surface area contributed by atoms with E-state index in [1.54, 1.807) is 39.0 Å². The second-order valence-electron chi connectivity index (χ2n) is 7.13. The van der Waals surface area contributed by atoms with Gasteiger partial charge in [-0.3, -0.25) is 9.59 Å². The Bertz CT molecular complexity index is 885. The molecular weight excluding hydrogens is 397 g/mol. The van der Waals surface area contributed by atoms with Crippen molar-refractivity contribution in [2.45, 2.75) is 33.0 Å². The first-order chi connectivity index (χ1) is 14.1. The first-order valence-corrected chi connectivity index (χ1v) is 9.51. The topological polar surface area (TPSA) is 83.1 Å². The highest BCUT2D eigenvalue weighted by Crippen LogP contribution is 2.33. The Balaban J connectivity index is 1.92. The monoisotopic (exact) mass is 422 g/mol. The molecule has 0 aliphatic carbocycles. The molecule has 0 bridgehead atoms. The first kappa shape index (κ1) is 23.2. The third-order valence-electron chi connectivity index (χ3n) is 4.46. The molecule has 6 nitrogen and oxygen atoms in total. The van der Waals surface area contributed by atoms with Crippen molar-refractivity contribution in [1.82, 2.24) is 15.6 Å². The van der Waals surface area contributed by atoms with Gasteiger partial charge in [0.1, 0.15) is 11.9 Å². The van der Waals surface area contributed by atoms with E-state index in [9.17, 15) is 22.8 Å². The Labute approximate surface area is 173 Å². The molecule has 0 aliphatic heterocycles. The number of aryl methyl sites for hydroxylation is 1. The van der Waals surface area contributed by atoms with Crippen molar-refractivity contribution in [2.75, 3.05) is 18.4 Å². The zero-order chi connectivity index (χ0) is 22.3. The van der Waals surface area contributed by atoms with Gasteiger partial charge in [-0.05, 0) is 36.6 Å². The number of carbonyl (C=O) groups is 2. The molecule has 1 heterocycles. The van der Waals surface area contributed by atoms with Crippen LogP contribution in [0.2, 0.25) is 0 Å². The third kappa shape index (κ3) is 6.20. The van der Waals surface area contributed by atoms with Crippen molar-refractivity contribution in [3.8, 4) is 0 Å². The molecule has 30 heavy (non-hydrogen) atoms. The molecule has 0 radical (unpaired) electrons. The van der Waals surface area contributed by atoms with Gasteiger partial charge < -0.3 is 16.0 Å². The van der Waals surface area contributed by atoms with Gasteiger partial charge in [0, 0.05) is 24.8 Å². The van der Waals surface area contributed by atoms with Crippen LogP contribution in [0.5, 0.6) is 0 Å². The lowest BCUT2D eigenvalue weighted by molar-refractivity contribution is -0.137. The van der Waals surface area contributed by atoms with Crippen molar-refractivity contribution < 1.29 is 22.8 Å². The number of aromatic nitrogens is 1. The summed E-state index contributed by atoms with van der Waals surface area (Å²) in [6.45, 7) is 5.50. The number of carbonyl (C=O) groups excluding carboxylic acids is 2. The first-order valence-electron chi connectivity index (χ1n) is 9.51. The zero-order valence-corrected chi connectivity index (χ0v) is 17.0. The molecule has 162 valence electrons. The summed E-state index contributed by atoms with van der Waals surface area (Å²) in [7, 11) is 0.